The molecule has 0 spiro atoms. The van der Waals surface area contributed by atoms with Crippen LogP contribution in [0.5, 0.6) is 0 Å². The minimum absolute atomic E-state index is 1.01. The lowest BCUT2D eigenvalue weighted by molar-refractivity contribution is 1.04. The van der Waals surface area contributed by atoms with Crippen molar-refractivity contribution in [3.8, 4) is 27.9 Å². The van der Waals surface area contributed by atoms with E-state index in [4.69, 9.17) is 0 Å². The first-order valence-electron chi connectivity index (χ1n) is 12.3. The molecule has 1 heteroatoms. The van der Waals surface area contributed by atoms with E-state index >= 15 is 0 Å². The van der Waals surface area contributed by atoms with Crippen molar-refractivity contribution in [3.05, 3.63) is 124 Å². The predicted molar refractivity (Wildman–Crippen MR) is 140 cm³/mol. The minimum atomic E-state index is 1.01. The maximum absolute atomic E-state index is 2.53. The Labute approximate surface area is 197 Å². The maximum atomic E-state index is 2.53. The van der Waals surface area contributed by atoms with Crippen molar-refractivity contribution in [2.24, 2.45) is 0 Å². The van der Waals surface area contributed by atoms with E-state index in [0.29, 0.717) is 0 Å². The molecule has 0 radical (unpaired) electrons. The first kappa shape index (κ1) is 17.4. The molecule has 1 aliphatic heterocycles. The molecule has 0 N–H and O–H groups in total. The normalized spacial score (nSPS) is 14.1. The highest BCUT2D eigenvalue weighted by atomic mass is 15.0. The van der Waals surface area contributed by atoms with Crippen molar-refractivity contribution < 1.29 is 0 Å². The van der Waals surface area contributed by atoms with Gasteiger partial charge in [-0.3, -0.25) is 0 Å². The third-order valence-electron chi connectivity index (χ3n) is 8.47. The fourth-order valence-electron chi connectivity index (χ4n) is 7.13. The van der Waals surface area contributed by atoms with Crippen LogP contribution in [0.25, 0.3) is 49.7 Å². The monoisotopic (exact) mass is 431 g/mol. The lowest BCUT2D eigenvalue weighted by atomic mass is 9.94. The second kappa shape index (κ2) is 5.87. The molecule has 0 saturated heterocycles. The van der Waals surface area contributed by atoms with Crippen molar-refractivity contribution in [2.45, 2.75) is 19.3 Å². The van der Waals surface area contributed by atoms with Crippen LogP contribution in [0.3, 0.4) is 0 Å². The summed E-state index contributed by atoms with van der Waals surface area (Å²) in [5.74, 6) is 0. The van der Waals surface area contributed by atoms with Gasteiger partial charge < -0.3 is 4.57 Å². The molecule has 0 bridgehead atoms. The Morgan fingerprint density at radius 1 is 0.500 bits per heavy atom. The smallest absolute Gasteiger partial charge is 0.0576 e. The zero-order valence-corrected chi connectivity index (χ0v) is 18.7. The number of para-hydroxylation sites is 2. The Kier molecular flexibility index (Phi) is 3.00. The van der Waals surface area contributed by atoms with Gasteiger partial charge in [0.05, 0.1) is 11.0 Å². The van der Waals surface area contributed by atoms with Crippen molar-refractivity contribution in [3.63, 3.8) is 0 Å². The molecule has 2 heterocycles. The highest BCUT2D eigenvalue weighted by Gasteiger charge is 2.31. The van der Waals surface area contributed by atoms with Crippen LogP contribution in [0.2, 0.25) is 0 Å². The van der Waals surface area contributed by atoms with Gasteiger partial charge in [0, 0.05) is 22.9 Å². The minimum Gasteiger partial charge on any atom is -0.309 e. The topological polar surface area (TPSA) is 4.93 Å². The Morgan fingerprint density at radius 3 is 2.26 bits per heavy atom. The van der Waals surface area contributed by atoms with E-state index in [1.54, 1.807) is 0 Å². The van der Waals surface area contributed by atoms with Crippen molar-refractivity contribution in [1.82, 2.24) is 4.57 Å². The second-order valence-corrected chi connectivity index (χ2v) is 10.1. The third kappa shape index (κ3) is 1.94. The van der Waals surface area contributed by atoms with Gasteiger partial charge in [-0.2, -0.15) is 0 Å². The molecule has 0 atom stereocenters. The van der Waals surface area contributed by atoms with Crippen LogP contribution in [0.1, 0.15) is 33.4 Å². The Bertz CT molecular complexity index is 1880. The van der Waals surface area contributed by atoms with E-state index in [0.717, 1.165) is 19.3 Å². The molecule has 2 aliphatic carbocycles. The van der Waals surface area contributed by atoms with E-state index in [-0.39, 0.29) is 0 Å². The maximum Gasteiger partial charge on any atom is 0.0576 e. The van der Waals surface area contributed by atoms with Crippen molar-refractivity contribution in [1.29, 1.82) is 0 Å². The lowest BCUT2D eigenvalue weighted by Gasteiger charge is -2.20. The first-order valence-corrected chi connectivity index (χ1v) is 12.3. The Balaban J connectivity index is 1.38. The summed E-state index contributed by atoms with van der Waals surface area (Å²) in [7, 11) is 0. The molecular formula is C33H21N. The van der Waals surface area contributed by atoms with Gasteiger partial charge in [0.15, 0.2) is 0 Å². The molecule has 1 aromatic heterocycles. The molecule has 0 fully saturated rings. The average molecular weight is 432 g/mol. The van der Waals surface area contributed by atoms with Crippen LogP contribution >= 0.6 is 0 Å². The zero-order chi connectivity index (χ0) is 22.0. The molecule has 0 saturated carbocycles. The van der Waals surface area contributed by atoms with Gasteiger partial charge in [-0.25, -0.2) is 0 Å². The van der Waals surface area contributed by atoms with Crippen molar-refractivity contribution >= 4 is 21.8 Å². The van der Waals surface area contributed by atoms with E-state index in [1.807, 2.05) is 0 Å². The zero-order valence-electron chi connectivity index (χ0n) is 18.7. The summed E-state index contributed by atoms with van der Waals surface area (Å²) in [6.07, 6.45) is 3.08. The summed E-state index contributed by atoms with van der Waals surface area (Å²) in [4.78, 5) is 0. The Morgan fingerprint density at radius 2 is 1.29 bits per heavy atom. The van der Waals surface area contributed by atoms with Crippen LogP contribution in [0, 0.1) is 0 Å². The number of hydrogen-bond donors (Lipinski definition) is 0. The molecule has 0 unspecified atom stereocenters. The molecule has 5 aromatic carbocycles. The quantitative estimate of drug-likeness (QED) is 0.231. The number of fused-ring (bicyclic) bond motifs is 13. The number of aromatic nitrogens is 1. The summed E-state index contributed by atoms with van der Waals surface area (Å²) in [5, 5.41) is 2.86. The molecule has 158 valence electrons. The third-order valence-corrected chi connectivity index (χ3v) is 8.47. The van der Waals surface area contributed by atoms with E-state index in [9.17, 15) is 0 Å². The summed E-state index contributed by atoms with van der Waals surface area (Å²) in [5.41, 5.74) is 18.7. The number of nitrogens with zero attached hydrogens (tertiary/aromatic N) is 1. The van der Waals surface area contributed by atoms with Gasteiger partial charge in [-0.05, 0) is 80.6 Å². The number of hydrogen-bond acceptors (Lipinski definition) is 0. The largest absolute Gasteiger partial charge is 0.309 e. The van der Waals surface area contributed by atoms with Gasteiger partial charge in [-0.15, -0.1) is 0 Å². The summed E-state index contributed by atoms with van der Waals surface area (Å²) in [6, 6.07) is 34.3. The van der Waals surface area contributed by atoms with Crippen LogP contribution < -0.4 is 0 Å². The fourth-order valence-corrected chi connectivity index (χ4v) is 7.13. The summed E-state index contributed by atoms with van der Waals surface area (Å²) in [6.45, 7) is 0. The van der Waals surface area contributed by atoms with Crippen LogP contribution in [0.4, 0.5) is 0 Å². The molecule has 0 amide bonds. The number of rotatable bonds is 0. The molecule has 1 nitrogen and oxygen atoms in total. The Hall–Kier alpha value is -4.10. The van der Waals surface area contributed by atoms with E-state index in [1.165, 1.54) is 83.1 Å². The molecule has 3 aliphatic rings. The van der Waals surface area contributed by atoms with Gasteiger partial charge in [0.25, 0.3) is 0 Å². The van der Waals surface area contributed by atoms with Gasteiger partial charge in [0.1, 0.15) is 0 Å². The van der Waals surface area contributed by atoms with Crippen LogP contribution in [-0.2, 0) is 19.3 Å². The van der Waals surface area contributed by atoms with Crippen molar-refractivity contribution in [2.75, 3.05) is 0 Å². The SMILES string of the molecule is c1ccc2c(c1)Cc1c-2ccc2c1-c1ccc3c(c1C2)c1cccc2c1n3-c1ccccc1C2. The van der Waals surface area contributed by atoms with Gasteiger partial charge in [0.2, 0.25) is 0 Å². The number of benzene rings is 5. The summed E-state index contributed by atoms with van der Waals surface area (Å²) >= 11 is 0. The second-order valence-electron chi connectivity index (χ2n) is 10.1. The molecule has 6 aromatic rings. The average Bonchev–Trinajstić information content (AvgIpc) is 3.54. The fraction of sp³-hybridized carbons (Fsp3) is 0.0909. The molecule has 9 rings (SSSR count). The predicted octanol–water partition coefficient (Wildman–Crippen LogP) is 7.83. The van der Waals surface area contributed by atoms with E-state index in [2.05, 4.69) is 95.6 Å². The van der Waals surface area contributed by atoms with E-state index < -0.39 is 0 Å². The highest BCUT2D eigenvalue weighted by molar-refractivity contribution is 6.15. The highest BCUT2D eigenvalue weighted by Crippen LogP contribution is 2.51. The van der Waals surface area contributed by atoms with Crippen LogP contribution in [0.15, 0.2) is 91.0 Å². The van der Waals surface area contributed by atoms with Crippen LogP contribution in [-0.4, -0.2) is 4.57 Å². The first-order chi connectivity index (χ1) is 16.9. The lowest BCUT2D eigenvalue weighted by Crippen LogP contribution is -2.07. The summed E-state index contributed by atoms with van der Waals surface area (Å²) < 4.78 is 2.53. The molecular weight excluding hydrogens is 410 g/mol. The molecule has 34 heavy (non-hydrogen) atoms. The van der Waals surface area contributed by atoms with Gasteiger partial charge >= 0.3 is 0 Å². The standard InChI is InChI=1S/C33H21N/c1-3-9-23-19(6-1)17-27-24(23)13-12-21-18-28-25(31(21)27)14-15-30-32(28)26-10-5-8-22-16-20-7-2-4-11-29(20)34(30)33(22)26/h1-15H,16-18H2. The van der Waals surface area contributed by atoms with Gasteiger partial charge in [-0.1, -0.05) is 78.9 Å².